The van der Waals surface area contributed by atoms with E-state index in [1.54, 1.807) is 0 Å². The molecule has 0 aromatic heterocycles. The fraction of sp³-hybridized carbons (Fsp3) is 0.611. The van der Waals surface area contributed by atoms with Crippen molar-refractivity contribution in [1.29, 1.82) is 0 Å². The largest absolute Gasteiger partial charge is 0.444 e. The highest BCUT2D eigenvalue weighted by Gasteiger charge is 2.28. The Morgan fingerprint density at radius 2 is 1.91 bits per heavy atom. The van der Waals surface area contributed by atoms with Crippen molar-refractivity contribution in [3.8, 4) is 0 Å². The first-order valence-electron chi connectivity index (χ1n) is 8.03. The number of alkyl carbamates (subject to hydrolysis) is 1. The van der Waals surface area contributed by atoms with Crippen LogP contribution in [0.3, 0.4) is 0 Å². The van der Waals surface area contributed by atoms with E-state index in [0.29, 0.717) is 13.1 Å². The van der Waals surface area contributed by atoms with Gasteiger partial charge in [0.05, 0.1) is 0 Å². The summed E-state index contributed by atoms with van der Waals surface area (Å²) in [7, 11) is 0. The second-order valence-electron chi connectivity index (χ2n) is 7.46. The molecule has 122 valence electrons. The zero-order chi connectivity index (χ0) is 16.4. The highest BCUT2D eigenvalue weighted by molar-refractivity contribution is 5.67. The topological polar surface area (TPSA) is 64.3 Å². The molecule has 1 atom stereocenters. The second-order valence-corrected chi connectivity index (χ2v) is 7.46. The number of hydrogen-bond acceptors (Lipinski definition) is 3. The number of ether oxygens (including phenoxy) is 1. The van der Waals surface area contributed by atoms with Gasteiger partial charge in [-0.1, -0.05) is 25.1 Å². The van der Waals surface area contributed by atoms with Crippen LogP contribution in [-0.4, -0.2) is 24.8 Å². The number of rotatable bonds is 4. The average molecular weight is 304 g/mol. The summed E-state index contributed by atoms with van der Waals surface area (Å²) in [5, 5.41) is 2.86. The Labute approximate surface area is 133 Å². The molecule has 0 bridgehead atoms. The van der Waals surface area contributed by atoms with E-state index in [2.05, 4.69) is 30.4 Å². The SMILES string of the molecule is CC(C)(C)OC(=O)NCC(C)(CN)c1ccc2c(c1)CCC2. The molecule has 1 aliphatic rings. The fourth-order valence-corrected chi connectivity index (χ4v) is 2.82. The van der Waals surface area contributed by atoms with E-state index in [4.69, 9.17) is 10.5 Å². The van der Waals surface area contributed by atoms with Gasteiger partial charge in [-0.2, -0.15) is 0 Å². The molecule has 0 spiro atoms. The number of nitrogens with one attached hydrogen (secondary N) is 1. The summed E-state index contributed by atoms with van der Waals surface area (Å²) in [5.41, 5.74) is 9.29. The van der Waals surface area contributed by atoms with Crippen LogP contribution in [0.5, 0.6) is 0 Å². The predicted octanol–water partition coefficient (Wildman–Crippen LogP) is 2.92. The zero-order valence-electron chi connectivity index (χ0n) is 14.2. The summed E-state index contributed by atoms with van der Waals surface area (Å²) in [6.07, 6.45) is 3.15. The number of nitrogens with two attached hydrogens (primary N) is 1. The van der Waals surface area contributed by atoms with Crippen molar-refractivity contribution < 1.29 is 9.53 Å². The number of amides is 1. The number of benzene rings is 1. The van der Waals surface area contributed by atoms with Crippen LogP contribution in [0.15, 0.2) is 18.2 Å². The summed E-state index contributed by atoms with van der Waals surface area (Å²) < 4.78 is 5.30. The Bertz CT molecular complexity index is 549. The molecule has 22 heavy (non-hydrogen) atoms. The molecule has 1 unspecified atom stereocenters. The van der Waals surface area contributed by atoms with E-state index >= 15 is 0 Å². The fourth-order valence-electron chi connectivity index (χ4n) is 2.82. The van der Waals surface area contributed by atoms with Crippen molar-refractivity contribution in [2.75, 3.05) is 13.1 Å². The minimum Gasteiger partial charge on any atom is -0.444 e. The lowest BCUT2D eigenvalue weighted by molar-refractivity contribution is 0.0516. The van der Waals surface area contributed by atoms with E-state index in [9.17, 15) is 4.79 Å². The smallest absolute Gasteiger partial charge is 0.407 e. The van der Waals surface area contributed by atoms with Gasteiger partial charge in [-0.05, 0) is 56.7 Å². The van der Waals surface area contributed by atoms with Crippen molar-refractivity contribution in [3.63, 3.8) is 0 Å². The van der Waals surface area contributed by atoms with Crippen molar-refractivity contribution in [3.05, 3.63) is 34.9 Å². The Morgan fingerprint density at radius 3 is 2.55 bits per heavy atom. The lowest BCUT2D eigenvalue weighted by Crippen LogP contribution is -2.45. The molecule has 2 rings (SSSR count). The Morgan fingerprint density at radius 1 is 1.23 bits per heavy atom. The highest BCUT2D eigenvalue weighted by Crippen LogP contribution is 2.29. The zero-order valence-corrected chi connectivity index (χ0v) is 14.2. The second kappa shape index (κ2) is 6.29. The van der Waals surface area contributed by atoms with Crippen LogP contribution < -0.4 is 11.1 Å². The van der Waals surface area contributed by atoms with Crippen molar-refractivity contribution in [2.24, 2.45) is 5.73 Å². The number of carbonyl (C=O) groups excluding carboxylic acids is 1. The molecule has 0 aliphatic heterocycles. The maximum absolute atomic E-state index is 11.9. The standard InChI is InChI=1S/C18H28N2O2/c1-17(2,3)22-16(21)20-12-18(4,11-19)15-9-8-13-6-5-7-14(13)10-15/h8-10H,5-7,11-12,19H2,1-4H3,(H,20,21). The van der Waals surface area contributed by atoms with Crippen LogP contribution in [0.4, 0.5) is 4.79 Å². The monoisotopic (exact) mass is 304 g/mol. The predicted molar refractivity (Wildman–Crippen MR) is 89.1 cm³/mol. The van der Waals surface area contributed by atoms with Gasteiger partial charge in [0, 0.05) is 18.5 Å². The molecule has 1 aliphatic carbocycles. The first-order chi connectivity index (χ1) is 10.2. The van der Waals surface area contributed by atoms with Gasteiger partial charge in [0.2, 0.25) is 0 Å². The van der Waals surface area contributed by atoms with E-state index in [1.165, 1.54) is 29.5 Å². The van der Waals surface area contributed by atoms with Crippen LogP contribution in [0.25, 0.3) is 0 Å². The summed E-state index contributed by atoms with van der Waals surface area (Å²) in [5.74, 6) is 0. The first kappa shape index (κ1) is 16.8. The third-order valence-corrected chi connectivity index (χ3v) is 4.27. The quantitative estimate of drug-likeness (QED) is 0.899. The third kappa shape index (κ3) is 4.01. The lowest BCUT2D eigenvalue weighted by atomic mass is 9.81. The van der Waals surface area contributed by atoms with Gasteiger partial charge < -0.3 is 15.8 Å². The van der Waals surface area contributed by atoms with E-state index in [0.717, 1.165) is 6.42 Å². The summed E-state index contributed by atoms with van der Waals surface area (Å²) in [6.45, 7) is 8.60. The molecule has 1 amide bonds. The molecular weight excluding hydrogens is 276 g/mol. The molecule has 0 radical (unpaired) electrons. The van der Waals surface area contributed by atoms with Gasteiger partial charge in [0.15, 0.2) is 0 Å². The van der Waals surface area contributed by atoms with Crippen LogP contribution in [-0.2, 0) is 23.0 Å². The van der Waals surface area contributed by atoms with Gasteiger partial charge >= 0.3 is 6.09 Å². The van der Waals surface area contributed by atoms with Crippen LogP contribution in [0.2, 0.25) is 0 Å². The molecule has 3 N–H and O–H groups in total. The number of carbonyl (C=O) groups is 1. The Balaban J connectivity index is 2.07. The Hall–Kier alpha value is -1.55. The molecule has 0 saturated heterocycles. The molecule has 4 heteroatoms. The van der Waals surface area contributed by atoms with Gasteiger partial charge in [-0.3, -0.25) is 0 Å². The number of fused-ring (bicyclic) bond motifs is 1. The summed E-state index contributed by atoms with van der Waals surface area (Å²) in [4.78, 5) is 11.9. The van der Waals surface area contributed by atoms with Gasteiger partial charge in [-0.15, -0.1) is 0 Å². The number of aryl methyl sites for hydroxylation is 2. The van der Waals surface area contributed by atoms with Gasteiger partial charge in [0.25, 0.3) is 0 Å². The molecule has 0 heterocycles. The van der Waals surface area contributed by atoms with E-state index in [1.807, 2.05) is 20.8 Å². The van der Waals surface area contributed by atoms with Crippen molar-refractivity contribution >= 4 is 6.09 Å². The van der Waals surface area contributed by atoms with E-state index < -0.39 is 11.7 Å². The maximum atomic E-state index is 11.9. The van der Waals surface area contributed by atoms with Crippen LogP contribution in [0.1, 0.15) is 50.8 Å². The molecule has 4 nitrogen and oxygen atoms in total. The molecule has 0 saturated carbocycles. The molecule has 1 aromatic carbocycles. The van der Waals surface area contributed by atoms with E-state index in [-0.39, 0.29) is 5.41 Å². The van der Waals surface area contributed by atoms with Crippen LogP contribution >= 0.6 is 0 Å². The average Bonchev–Trinajstić information content (AvgIpc) is 2.90. The van der Waals surface area contributed by atoms with Gasteiger partial charge in [-0.25, -0.2) is 4.79 Å². The first-order valence-corrected chi connectivity index (χ1v) is 8.03. The minimum absolute atomic E-state index is 0.283. The van der Waals surface area contributed by atoms with Gasteiger partial charge in [0.1, 0.15) is 5.60 Å². The van der Waals surface area contributed by atoms with Crippen molar-refractivity contribution in [2.45, 2.75) is 58.0 Å². The van der Waals surface area contributed by atoms with Crippen LogP contribution in [0, 0.1) is 0 Å². The highest BCUT2D eigenvalue weighted by atomic mass is 16.6. The maximum Gasteiger partial charge on any atom is 0.407 e. The normalized spacial score (nSPS) is 16.8. The minimum atomic E-state index is -0.489. The lowest BCUT2D eigenvalue weighted by Gasteiger charge is -2.30. The number of hydrogen-bond donors (Lipinski definition) is 2. The molecule has 0 fully saturated rings. The summed E-state index contributed by atoms with van der Waals surface area (Å²) >= 11 is 0. The third-order valence-electron chi connectivity index (χ3n) is 4.27. The molecule has 1 aromatic rings. The summed E-state index contributed by atoms with van der Waals surface area (Å²) in [6, 6.07) is 6.61. The Kier molecular flexibility index (Phi) is 4.81. The molecular formula is C18H28N2O2. The van der Waals surface area contributed by atoms with Crippen molar-refractivity contribution in [1.82, 2.24) is 5.32 Å².